The molecule has 0 amide bonds. The lowest BCUT2D eigenvalue weighted by atomic mass is 10.1. The topological polar surface area (TPSA) is 60.2 Å². The molecule has 0 atom stereocenters. The fourth-order valence-electron chi connectivity index (χ4n) is 1.63. The Bertz CT molecular complexity index is 496. The van der Waals surface area contributed by atoms with Crippen molar-refractivity contribution in [1.82, 2.24) is 15.5 Å². The second kappa shape index (κ2) is 6.16. The lowest BCUT2D eigenvalue weighted by Gasteiger charge is -2.01. The quantitative estimate of drug-likeness (QED) is 0.843. The molecule has 0 fully saturated rings. The third-order valence-corrected chi connectivity index (χ3v) is 2.53. The van der Waals surface area contributed by atoms with E-state index in [1.807, 2.05) is 31.2 Å². The summed E-state index contributed by atoms with van der Waals surface area (Å²) < 4.78 is 10.4. The Morgan fingerprint density at radius 2 is 2.28 bits per heavy atom. The molecule has 1 heterocycles. The van der Waals surface area contributed by atoms with Crippen molar-refractivity contribution in [2.45, 2.75) is 19.9 Å². The zero-order chi connectivity index (χ0) is 12.8. The first-order valence-corrected chi connectivity index (χ1v) is 5.97. The summed E-state index contributed by atoms with van der Waals surface area (Å²) in [6, 6.07) is 7.84. The predicted octanol–water partition coefficient (Wildman–Crippen LogP) is 1.78. The highest BCUT2D eigenvalue weighted by molar-refractivity contribution is 5.29. The lowest BCUT2D eigenvalue weighted by molar-refractivity contribution is 0.377. The third kappa shape index (κ3) is 3.30. The molecule has 5 nitrogen and oxygen atoms in total. The molecule has 1 N–H and O–H groups in total. The molecule has 2 aromatic rings. The van der Waals surface area contributed by atoms with Gasteiger partial charge in [-0.2, -0.15) is 4.98 Å². The van der Waals surface area contributed by atoms with Crippen LogP contribution in [0, 0.1) is 0 Å². The van der Waals surface area contributed by atoms with Gasteiger partial charge in [-0.15, -0.1) is 0 Å². The maximum absolute atomic E-state index is 5.20. The number of hydrogen-bond acceptors (Lipinski definition) is 5. The van der Waals surface area contributed by atoms with Crippen LogP contribution in [0.1, 0.15) is 24.2 Å². The molecule has 0 aliphatic rings. The number of nitrogens with zero attached hydrogens (tertiary/aromatic N) is 2. The molecule has 0 aliphatic carbocycles. The molecule has 0 saturated carbocycles. The van der Waals surface area contributed by atoms with E-state index in [1.165, 1.54) is 0 Å². The summed E-state index contributed by atoms with van der Waals surface area (Å²) in [5.74, 6) is 2.14. The Kier molecular flexibility index (Phi) is 4.30. The number of aromatic nitrogens is 2. The smallest absolute Gasteiger partial charge is 0.231 e. The van der Waals surface area contributed by atoms with Gasteiger partial charge in [0.2, 0.25) is 5.89 Å². The van der Waals surface area contributed by atoms with Gasteiger partial charge in [0.15, 0.2) is 5.82 Å². The minimum absolute atomic E-state index is 0.621. The van der Waals surface area contributed by atoms with Gasteiger partial charge in [0.1, 0.15) is 5.75 Å². The number of rotatable bonds is 6. The highest BCUT2D eigenvalue weighted by Crippen LogP contribution is 2.15. The van der Waals surface area contributed by atoms with Crippen molar-refractivity contribution in [3.8, 4) is 5.75 Å². The summed E-state index contributed by atoms with van der Waals surface area (Å²) in [6.45, 7) is 3.56. The molecule has 96 valence electrons. The van der Waals surface area contributed by atoms with Crippen LogP contribution in [0.5, 0.6) is 5.75 Å². The van der Waals surface area contributed by atoms with Gasteiger partial charge in [-0.3, -0.25) is 0 Å². The molecule has 1 aromatic heterocycles. The molecule has 0 radical (unpaired) electrons. The summed E-state index contributed by atoms with van der Waals surface area (Å²) in [7, 11) is 1.65. The fraction of sp³-hybridized carbons (Fsp3) is 0.385. The Morgan fingerprint density at radius 1 is 1.39 bits per heavy atom. The second-order valence-electron chi connectivity index (χ2n) is 3.91. The van der Waals surface area contributed by atoms with Gasteiger partial charge in [0.05, 0.1) is 20.1 Å². The molecule has 18 heavy (non-hydrogen) atoms. The van der Waals surface area contributed by atoms with Crippen molar-refractivity contribution in [3.05, 3.63) is 41.5 Å². The van der Waals surface area contributed by atoms with Crippen molar-refractivity contribution >= 4 is 0 Å². The van der Waals surface area contributed by atoms with E-state index in [1.54, 1.807) is 7.11 Å². The van der Waals surface area contributed by atoms with E-state index >= 15 is 0 Å². The van der Waals surface area contributed by atoms with Gasteiger partial charge in [-0.25, -0.2) is 0 Å². The van der Waals surface area contributed by atoms with E-state index in [9.17, 15) is 0 Å². The number of benzene rings is 1. The molecule has 2 rings (SSSR count). The van der Waals surface area contributed by atoms with Crippen molar-refractivity contribution in [2.24, 2.45) is 0 Å². The Balaban J connectivity index is 2.01. The maximum atomic E-state index is 5.20. The van der Waals surface area contributed by atoms with Gasteiger partial charge in [0.25, 0.3) is 0 Å². The van der Waals surface area contributed by atoms with Gasteiger partial charge in [-0.1, -0.05) is 24.2 Å². The predicted molar refractivity (Wildman–Crippen MR) is 67.5 cm³/mol. The number of nitrogens with one attached hydrogen (secondary N) is 1. The van der Waals surface area contributed by atoms with Gasteiger partial charge >= 0.3 is 0 Å². The largest absolute Gasteiger partial charge is 0.497 e. The average Bonchev–Trinajstić information content (AvgIpc) is 2.84. The van der Waals surface area contributed by atoms with E-state index in [0.717, 1.165) is 17.9 Å². The highest BCUT2D eigenvalue weighted by atomic mass is 16.5. The van der Waals surface area contributed by atoms with Crippen LogP contribution in [0.2, 0.25) is 0 Å². The maximum Gasteiger partial charge on any atom is 0.231 e. The van der Waals surface area contributed by atoms with Crippen LogP contribution >= 0.6 is 0 Å². The zero-order valence-corrected chi connectivity index (χ0v) is 10.6. The zero-order valence-electron chi connectivity index (χ0n) is 10.6. The monoisotopic (exact) mass is 247 g/mol. The molecular formula is C13H17N3O2. The van der Waals surface area contributed by atoms with Crippen LogP contribution in [0.25, 0.3) is 0 Å². The summed E-state index contributed by atoms with van der Waals surface area (Å²) in [5, 5.41) is 7.07. The highest BCUT2D eigenvalue weighted by Gasteiger charge is 2.07. The van der Waals surface area contributed by atoms with Crippen LogP contribution in [-0.4, -0.2) is 23.8 Å². The van der Waals surface area contributed by atoms with Crippen LogP contribution in [0.4, 0.5) is 0 Å². The van der Waals surface area contributed by atoms with E-state index < -0.39 is 0 Å². The number of ether oxygens (including phenoxy) is 1. The Hall–Kier alpha value is -1.88. The lowest BCUT2D eigenvalue weighted by Crippen LogP contribution is -2.12. The first-order chi connectivity index (χ1) is 8.81. The molecule has 0 spiro atoms. The summed E-state index contributed by atoms with van der Waals surface area (Å²) in [5.41, 5.74) is 1.09. The molecule has 0 bridgehead atoms. The normalized spacial score (nSPS) is 10.6. The second-order valence-corrected chi connectivity index (χ2v) is 3.91. The summed E-state index contributed by atoms with van der Waals surface area (Å²) >= 11 is 0. The first kappa shape index (κ1) is 12.6. The van der Waals surface area contributed by atoms with Crippen LogP contribution in [0.3, 0.4) is 0 Å². The molecule has 0 unspecified atom stereocenters. The van der Waals surface area contributed by atoms with Crippen LogP contribution < -0.4 is 10.1 Å². The van der Waals surface area contributed by atoms with Crippen molar-refractivity contribution < 1.29 is 9.26 Å². The minimum Gasteiger partial charge on any atom is -0.497 e. The first-order valence-electron chi connectivity index (χ1n) is 5.97. The van der Waals surface area contributed by atoms with Crippen LogP contribution in [-0.2, 0) is 13.0 Å². The average molecular weight is 247 g/mol. The van der Waals surface area contributed by atoms with Crippen LogP contribution in [0.15, 0.2) is 28.8 Å². The SMILES string of the molecule is CCNCc1noc(Cc2cccc(OC)c2)n1. The van der Waals surface area contributed by atoms with E-state index in [-0.39, 0.29) is 0 Å². The molecular weight excluding hydrogens is 230 g/mol. The van der Waals surface area contributed by atoms with Crippen molar-refractivity contribution in [1.29, 1.82) is 0 Å². The number of methoxy groups -OCH3 is 1. The molecule has 0 aliphatic heterocycles. The molecule has 5 heteroatoms. The van der Waals surface area contributed by atoms with Gasteiger partial charge < -0.3 is 14.6 Å². The van der Waals surface area contributed by atoms with E-state index in [0.29, 0.717) is 24.7 Å². The van der Waals surface area contributed by atoms with Gasteiger partial charge in [0, 0.05) is 0 Å². The standard InChI is InChI=1S/C13H17N3O2/c1-3-14-9-12-15-13(18-16-12)8-10-5-4-6-11(7-10)17-2/h4-7,14H,3,8-9H2,1-2H3. The Morgan fingerprint density at radius 3 is 3.06 bits per heavy atom. The van der Waals surface area contributed by atoms with E-state index in [2.05, 4.69) is 15.5 Å². The summed E-state index contributed by atoms with van der Waals surface area (Å²) in [6.07, 6.45) is 0.621. The van der Waals surface area contributed by atoms with Crippen molar-refractivity contribution in [3.63, 3.8) is 0 Å². The number of hydrogen-bond donors (Lipinski definition) is 1. The third-order valence-electron chi connectivity index (χ3n) is 2.53. The minimum atomic E-state index is 0.621. The molecule has 0 saturated heterocycles. The van der Waals surface area contributed by atoms with Crippen molar-refractivity contribution in [2.75, 3.05) is 13.7 Å². The summed E-state index contributed by atoms with van der Waals surface area (Å²) in [4.78, 5) is 4.32. The van der Waals surface area contributed by atoms with E-state index in [4.69, 9.17) is 9.26 Å². The molecule has 1 aromatic carbocycles. The fourth-order valence-corrected chi connectivity index (χ4v) is 1.63. The Labute approximate surface area is 106 Å². The van der Waals surface area contributed by atoms with Gasteiger partial charge in [-0.05, 0) is 24.2 Å².